The lowest BCUT2D eigenvalue weighted by atomic mass is 10.3. The van der Waals surface area contributed by atoms with Gasteiger partial charge in [0.25, 0.3) is 0 Å². The Morgan fingerprint density at radius 3 is 3.12 bits per heavy atom. The zero-order chi connectivity index (χ0) is 11.4. The molecular weight excluding hydrogens is 200 g/mol. The van der Waals surface area contributed by atoms with E-state index in [0.29, 0.717) is 6.04 Å². The van der Waals surface area contributed by atoms with Crippen LogP contribution in [0.4, 0.5) is 0 Å². The van der Waals surface area contributed by atoms with E-state index < -0.39 is 0 Å². The fourth-order valence-corrected chi connectivity index (χ4v) is 2.36. The molecule has 16 heavy (non-hydrogen) atoms. The summed E-state index contributed by atoms with van der Waals surface area (Å²) >= 11 is 0. The Kier molecular flexibility index (Phi) is 3.96. The van der Waals surface area contributed by atoms with Crippen molar-refractivity contribution in [1.29, 1.82) is 0 Å². The Balaban J connectivity index is 1.91. The minimum atomic E-state index is 0.669. The normalized spacial score (nSPS) is 21.8. The zero-order valence-corrected chi connectivity index (χ0v) is 10.3. The van der Waals surface area contributed by atoms with Crippen molar-refractivity contribution >= 4 is 0 Å². The highest BCUT2D eigenvalue weighted by atomic mass is 15.2. The van der Waals surface area contributed by atoms with Crippen molar-refractivity contribution in [2.24, 2.45) is 0 Å². The maximum absolute atomic E-state index is 4.24. The predicted molar refractivity (Wildman–Crippen MR) is 65.3 cm³/mol. The second-order valence-corrected chi connectivity index (χ2v) is 4.59. The standard InChI is InChI=1S/C12H22N4/c1-3-5-16-10-14-7-12(16)9-15-6-4-11(8-15)13-2/h7,10-11,13H,3-6,8-9H2,1-2H3. The fourth-order valence-electron chi connectivity index (χ4n) is 2.36. The van der Waals surface area contributed by atoms with Gasteiger partial charge >= 0.3 is 0 Å². The average Bonchev–Trinajstić information content (AvgIpc) is 2.90. The summed E-state index contributed by atoms with van der Waals surface area (Å²) in [4.78, 5) is 6.75. The first-order chi connectivity index (χ1) is 7.83. The number of aromatic nitrogens is 2. The molecule has 1 fully saturated rings. The lowest BCUT2D eigenvalue weighted by molar-refractivity contribution is 0.312. The van der Waals surface area contributed by atoms with E-state index in [1.807, 2.05) is 12.5 Å². The first-order valence-corrected chi connectivity index (χ1v) is 6.22. The van der Waals surface area contributed by atoms with Gasteiger partial charge in [0.1, 0.15) is 0 Å². The van der Waals surface area contributed by atoms with Crippen molar-refractivity contribution in [2.45, 2.75) is 38.9 Å². The summed E-state index contributed by atoms with van der Waals surface area (Å²) in [6.07, 6.45) is 6.38. The topological polar surface area (TPSA) is 33.1 Å². The molecule has 4 heteroatoms. The van der Waals surface area contributed by atoms with Crippen LogP contribution in [0, 0.1) is 0 Å². The molecule has 1 N–H and O–H groups in total. The maximum Gasteiger partial charge on any atom is 0.0948 e. The molecule has 0 spiro atoms. The number of aryl methyl sites for hydroxylation is 1. The van der Waals surface area contributed by atoms with Crippen LogP contribution in [0.15, 0.2) is 12.5 Å². The summed E-state index contributed by atoms with van der Waals surface area (Å²) in [6.45, 7) is 6.68. The average molecular weight is 222 g/mol. The molecule has 90 valence electrons. The van der Waals surface area contributed by atoms with E-state index in [2.05, 4.69) is 33.7 Å². The van der Waals surface area contributed by atoms with E-state index in [1.165, 1.54) is 25.1 Å². The minimum Gasteiger partial charge on any atom is -0.333 e. The highest BCUT2D eigenvalue weighted by molar-refractivity contribution is 4.99. The molecule has 1 aromatic rings. The van der Waals surface area contributed by atoms with Crippen LogP contribution in [0.2, 0.25) is 0 Å². The smallest absolute Gasteiger partial charge is 0.0948 e. The zero-order valence-electron chi connectivity index (χ0n) is 10.3. The number of likely N-dealkylation sites (N-methyl/N-ethyl adjacent to an activating group) is 1. The van der Waals surface area contributed by atoms with Gasteiger partial charge in [-0.2, -0.15) is 0 Å². The number of nitrogens with zero attached hydrogens (tertiary/aromatic N) is 3. The summed E-state index contributed by atoms with van der Waals surface area (Å²) in [5.41, 5.74) is 1.35. The number of likely N-dealkylation sites (tertiary alicyclic amines) is 1. The highest BCUT2D eigenvalue weighted by Crippen LogP contribution is 2.13. The van der Waals surface area contributed by atoms with Gasteiger partial charge in [-0.05, 0) is 19.9 Å². The van der Waals surface area contributed by atoms with Crippen molar-refractivity contribution in [2.75, 3.05) is 20.1 Å². The molecular formula is C12H22N4. The van der Waals surface area contributed by atoms with Crippen LogP contribution in [-0.4, -0.2) is 40.6 Å². The van der Waals surface area contributed by atoms with Crippen molar-refractivity contribution in [1.82, 2.24) is 19.8 Å². The largest absolute Gasteiger partial charge is 0.333 e. The van der Waals surface area contributed by atoms with Crippen LogP contribution in [-0.2, 0) is 13.1 Å². The van der Waals surface area contributed by atoms with Gasteiger partial charge in [0.2, 0.25) is 0 Å². The van der Waals surface area contributed by atoms with E-state index >= 15 is 0 Å². The quantitative estimate of drug-likeness (QED) is 0.809. The second-order valence-electron chi connectivity index (χ2n) is 4.59. The lowest BCUT2D eigenvalue weighted by Crippen LogP contribution is -2.29. The Hall–Kier alpha value is -0.870. The molecule has 0 bridgehead atoms. The van der Waals surface area contributed by atoms with Crippen molar-refractivity contribution in [3.63, 3.8) is 0 Å². The third kappa shape index (κ3) is 2.62. The van der Waals surface area contributed by atoms with Crippen LogP contribution < -0.4 is 5.32 Å². The van der Waals surface area contributed by atoms with Crippen molar-refractivity contribution in [3.8, 4) is 0 Å². The third-order valence-electron chi connectivity index (χ3n) is 3.33. The van der Waals surface area contributed by atoms with Gasteiger partial charge in [-0.1, -0.05) is 6.92 Å². The van der Waals surface area contributed by atoms with Gasteiger partial charge in [0.15, 0.2) is 0 Å². The lowest BCUT2D eigenvalue weighted by Gasteiger charge is -2.16. The van der Waals surface area contributed by atoms with Gasteiger partial charge in [0, 0.05) is 38.4 Å². The molecule has 1 unspecified atom stereocenters. The summed E-state index contributed by atoms with van der Waals surface area (Å²) in [7, 11) is 2.05. The Morgan fingerprint density at radius 1 is 1.56 bits per heavy atom. The Morgan fingerprint density at radius 2 is 2.44 bits per heavy atom. The first-order valence-electron chi connectivity index (χ1n) is 6.22. The van der Waals surface area contributed by atoms with Gasteiger partial charge in [-0.25, -0.2) is 4.98 Å². The van der Waals surface area contributed by atoms with Crippen LogP contribution in [0.25, 0.3) is 0 Å². The van der Waals surface area contributed by atoms with Gasteiger partial charge in [-0.3, -0.25) is 4.90 Å². The Labute approximate surface area is 97.7 Å². The molecule has 2 heterocycles. The summed E-state index contributed by atoms with van der Waals surface area (Å²) in [5, 5.41) is 3.35. The molecule has 0 aliphatic carbocycles. The van der Waals surface area contributed by atoms with Crippen LogP contribution >= 0.6 is 0 Å². The van der Waals surface area contributed by atoms with Crippen LogP contribution in [0.1, 0.15) is 25.5 Å². The van der Waals surface area contributed by atoms with E-state index in [0.717, 1.165) is 19.6 Å². The summed E-state index contributed by atoms with van der Waals surface area (Å²) in [6, 6.07) is 0.669. The molecule has 1 aliphatic rings. The van der Waals surface area contributed by atoms with E-state index in [4.69, 9.17) is 0 Å². The molecule has 0 saturated carbocycles. The monoisotopic (exact) mass is 222 g/mol. The molecule has 1 saturated heterocycles. The molecule has 0 aromatic carbocycles. The summed E-state index contributed by atoms with van der Waals surface area (Å²) in [5.74, 6) is 0. The molecule has 2 rings (SSSR count). The SMILES string of the molecule is CCCn1cncc1CN1CCC(NC)C1. The second kappa shape index (κ2) is 5.46. The molecule has 0 radical (unpaired) electrons. The van der Waals surface area contributed by atoms with Gasteiger partial charge < -0.3 is 9.88 Å². The minimum absolute atomic E-state index is 0.669. The maximum atomic E-state index is 4.24. The van der Waals surface area contributed by atoms with Gasteiger partial charge in [-0.15, -0.1) is 0 Å². The molecule has 1 aromatic heterocycles. The number of rotatable bonds is 5. The predicted octanol–water partition coefficient (Wildman–Crippen LogP) is 1.09. The Bertz CT molecular complexity index is 321. The molecule has 4 nitrogen and oxygen atoms in total. The van der Waals surface area contributed by atoms with Crippen LogP contribution in [0.3, 0.4) is 0 Å². The fraction of sp³-hybridized carbons (Fsp3) is 0.750. The van der Waals surface area contributed by atoms with Gasteiger partial charge in [0.05, 0.1) is 12.0 Å². The number of nitrogens with one attached hydrogen (secondary N) is 1. The number of hydrogen-bond donors (Lipinski definition) is 1. The van der Waals surface area contributed by atoms with Crippen LogP contribution in [0.5, 0.6) is 0 Å². The molecule has 1 aliphatic heterocycles. The van der Waals surface area contributed by atoms with E-state index in [1.54, 1.807) is 0 Å². The molecule has 1 atom stereocenters. The van der Waals surface area contributed by atoms with E-state index in [-0.39, 0.29) is 0 Å². The van der Waals surface area contributed by atoms with Crippen molar-refractivity contribution < 1.29 is 0 Å². The highest BCUT2D eigenvalue weighted by Gasteiger charge is 2.21. The first kappa shape index (κ1) is 11.6. The van der Waals surface area contributed by atoms with Crippen molar-refractivity contribution in [3.05, 3.63) is 18.2 Å². The molecule has 0 amide bonds. The number of hydrogen-bond acceptors (Lipinski definition) is 3. The third-order valence-corrected chi connectivity index (χ3v) is 3.33. The number of imidazole rings is 1. The van der Waals surface area contributed by atoms with E-state index in [9.17, 15) is 0 Å². The summed E-state index contributed by atoms with van der Waals surface area (Å²) < 4.78 is 2.27.